The van der Waals surface area contributed by atoms with Crippen LogP contribution in [0.1, 0.15) is 10.5 Å². The summed E-state index contributed by atoms with van der Waals surface area (Å²) in [5, 5.41) is 9.18. The molecule has 0 saturated heterocycles. The lowest BCUT2D eigenvalue weighted by molar-refractivity contribution is 0.0691. The molecule has 0 amide bonds. The Labute approximate surface area is 129 Å². The number of rotatable bonds is 1. The fourth-order valence-corrected chi connectivity index (χ4v) is 4.56. The minimum atomic E-state index is -3.67. The van der Waals surface area contributed by atoms with Crippen LogP contribution in [0, 0.1) is 0 Å². The topological polar surface area (TPSA) is 104 Å². The number of aromatic carboxylic acids is 1. The van der Waals surface area contributed by atoms with Gasteiger partial charge in [0.2, 0.25) is 9.84 Å². The van der Waals surface area contributed by atoms with Gasteiger partial charge in [-0.15, -0.1) is 0 Å². The predicted octanol–water partition coefficient (Wildman–Crippen LogP) is 2.04. The smallest absolute Gasteiger partial charge is 0.352 e. The Morgan fingerprint density at radius 2 is 1.74 bits per heavy atom. The normalized spacial score (nSPS) is 14.4. The molecule has 0 saturated carbocycles. The molecule has 1 aliphatic heterocycles. The number of hydrogen-bond acceptors (Lipinski definition) is 4. The van der Waals surface area contributed by atoms with Crippen molar-refractivity contribution in [2.24, 2.45) is 0 Å². The van der Waals surface area contributed by atoms with Gasteiger partial charge in [-0.3, -0.25) is 4.79 Å². The van der Waals surface area contributed by atoms with Crippen LogP contribution in [0.3, 0.4) is 0 Å². The summed E-state index contributed by atoms with van der Waals surface area (Å²) < 4.78 is 25.2. The summed E-state index contributed by atoms with van der Waals surface area (Å²) in [4.78, 5) is 26.1. The highest BCUT2D eigenvalue weighted by atomic mass is 32.2. The number of sulfone groups is 1. The van der Waals surface area contributed by atoms with Gasteiger partial charge in [0.05, 0.1) is 15.3 Å². The van der Waals surface area contributed by atoms with Crippen LogP contribution in [0.4, 0.5) is 0 Å². The van der Waals surface area contributed by atoms with E-state index >= 15 is 0 Å². The third-order valence-electron chi connectivity index (χ3n) is 3.92. The fourth-order valence-electron chi connectivity index (χ4n) is 2.87. The van der Waals surface area contributed by atoms with E-state index in [-0.39, 0.29) is 20.9 Å². The molecule has 0 radical (unpaired) electrons. The Hall–Kier alpha value is -2.93. The van der Waals surface area contributed by atoms with Gasteiger partial charge in [0.25, 0.3) is 0 Å². The maximum absolute atomic E-state index is 12.6. The van der Waals surface area contributed by atoms with Crippen molar-refractivity contribution in [2.45, 2.75) is 9.79 Å². The van der Waals surface area contributed by atoms with Gasteiger partial charge >= 0.3 is 5.97 Å². The molecule has 1 aromatic heterocycles. The summed E-state index contributed by atoms with van der Waals surface area (Å²) in [5.74, 6) is -1.25. The van der Waals surface area contributed by atoms with Gasteiger partial charge in [0.15, 0.2) is 5.43 Å². The number of carboxylic acid groups (broad SMARTS) is 1. The molecule has 6 nitrogen and oxygen atoms in total. The molecule has 7 heteroatoms. The molecular weight excluding hydrogens is 318 g/mol. The van der Waals surface area contributed by atoms with E-state index in [9.17, 15) is 18.0 Å². The van der Waals surface area contributed by atoms with Gasteiger partial charge < -0.3 is 10.1 Å². The number of carbonyl (C=O) groups is 1. The number of aromatic nitrogens is 1. The van der Waals surface area contributed by atoms with Crippen LogP contribution in [0.15, 0.2) is 57.1 Å². The molecular formula is C16H9NO5S. The largest absolute Gasteiger partial charge is 0.477 e. The van der Waals surface area contributed by atoms with Crippen molar-refractivity contribution in [3.63, 3.8) is 0 Å². The van der Waals surface area contributed by atoms with Crippen LogP contribution in [-0.2, 0) is 9.84 Å². The van der Waals surface area contributed by atoms with Crippen molar-refractivity contribution >= 4 is 26.7 Å². The zero-order valence-corrected chi connectivity index (χ0v) is 12.3. The van der Waals surface area contributed by atoms with E-state index in [0.29, 0.717) is 16.6 Å². The monoisotopic (exact) mass is 327 g/mol. The summed E-state index contributed by atoms with van der Waals surface area (Å²) in [6.07, 6.45) is 0. The van der Waals surface area contributed by atoms with Crippen LogP contribution in [0.2, 0.25) is 0 Å². The van der Waals surface area contributed by atoms with Gasteiger partial charge in [-0.1, -0.05) is 18.2 Å². The van der Waals surface area contributed by atoms with Crippen LogP contribution < -0.4 is 5.43 Å². The quantitative estimate of drug-likeness (QED) is 0.557. The van der Waals surface area contributed by atoms with Gasteiger partial charge in [0, 0.05) is 22.6 Å². The number of fused-ring (bicyclic) bond motifs is 4. The average molecular weight is 327 g/mol. The highest BCUT2D eigenvalue weighted by molar-refractivity contribution is 7.92. The van der Waals surface area contributed by atoms with Crippen molar-refractivity contribution < 1.29 is 18.3 Å². The van der Waals surface area contributed by atoms with Gasteiger partial charge in [-0.05, 0) is 18.2 Å². The van der Waals surface area contributed by atoms with E-state index in [4.69, 9.17) is 5.11 Å². The lowest BCUT2D eigenvalue weighted by Gasteiger charge is -2.04. The Morgan fingerprint density at radius 1 is 1.00 bits per heavy atom. The molecule has 114 valence electrons. The molecule has 1 aliphatic rings. The first-order valence-corrected chi connectivity index (χ1v) is 8.17. The van der Waals surface area contributed by atoms with Crippen molar-refractivity contribution in [1.82, 2.24) is 4.98 Å². The van der Waals surface area contributed by atoms with Crippen LogP contribution in [-0.4, -0.2) is 24.5 Å². The number of benzene rings is 2. The number of hydrogen-bond donors (Lipinski definition) is 2. The lowest BCUT2D eigenvalue weighted by atomic mass is 10.0. The number of aromatic amines is 1. The highest BCUT2D eigenvalue weighted by Crippen LogP contribution is 2.43. The highest BCUT2D eigenvalue weighted by Gasteiger charge is 2.33. The summed E-state index contributed by atoms with van der Waals surface area (Å²) >= 11 is 0. The zero-order valence-electron chi connectivity index (χ0n) is 11.5. The molecule has 0 aliphatic carbocycles. The van der Waals surface area contributed by atoms with Gasteiger partial charge in [-0.2, -0.15) is 0 Å². The minimum absolute atomic E-state index is 0.0692. The molecule has 3 aromatic rings. The first-order chi connectivity index (χ1) is 10.9. The lowest BCUT2D eigenvalue weighted by Crippen LogP contribution is -2.10. The van der Waals surface area contributed by atoms with Crippen molar-refractivity contribution in [3.8, 4) is 11.1 Å². The third-order valence-corrected chi connectivity index (χ3v) is 5.77. The fraction of sp³-hybridized carbons (Fsp3) is 0. The third kappa shape index (κ3) is 1.77. The van der Waals surface area contributed by atoms with Gasteiger partial charge in [0.1, 0.15) is 5.69 Å². The van der Waals surface area contributed by atoms with E-state index in [1.54, 1.807) is 18.2 Å². The Balaban J connectivity index is 2.16. The maximum atomic E-state index is 12.6. The van der Waals surface area contributed by atoms with Gasteiger partial charge in [-0.25, -0.2) is 13.2 Å². The van der Waals surface area contributed by atoms with Crippen molar-refractivity contribution in [2.75, 3.05) is 0 Å². The Kier molecular flexibility index (Phi) is 2.56. The number of pyridine rings is 1. The van der Waals surface area contributed by atoms with E-state index < -0.39 is 21.2 Å². The maximum Gasteiger partial charge on any atom is 0.352 e. The molecule has 4 rings (SSSR count). The number of H-pyrrole nitrogens is 1. The molecule has 2 heterocycles. The second kappa shape index (κ2) is 4.30. The van der Waals surface area contributed by atoms with Crippen LogP contribution >= 0.6 is 0 Å². The van der Waals surface area contributed by atoms with E-state index in [1.807, 2.05) is 0 Å². The predicted molar refractivity (Wildman–Crippen MR) is 82.4 cm³/mol. The summed E-state index contributed by atoms with van der Waals surface area (Å²) in [6, 6.07) is 10.3. The molecule has 0 spiro atoms. The minimum Gasteiger partial charge on any atom is -0.477 e. The van der Waals surface area contributed by atoms with Crippen LogP contribution in [0.25, 0.3) is 22.0 Å². The standard InChI is InChI=1S/C16H9NO5S/c18-13-7-12(16(19)20)17-11-5-9-8-3-1-2-4-14(8)23(21,22)15(9)6-10(11)13/h1-7H,(H,17,18)(H,19,20). The molecule has 2 aromatic carbocycles. The van der Waals surface area contributed by atoms with E-state index in [1.165, 1.54) is 18.2 Å². The second-order valence-corrected chi connectivity index (χ2v) is 7.13. The summed E-state index contributed by atoms with van der Waals surface area (Å²) in [5.41, 5.74) is 0.527. The Bertz CT molecular complexity index is 1170. The summed E-state index contributed by atoms with van der Waals surface area (Å²) in [7, 11) is -3.67. The molecule has 0 bridgehead atoms. The van der Waals surface area contributed by atoms with E-state index in [2.05, 4.69) is 4.98 Å². The molecule has 23 heavy (non-hydrogen) atoms. The Morgan fingerprint density at radius 3 is 2.48 bits per heavy atom. The van der Waals surface area contributed by atoms with Crippen LogP contribution in [0.5, 0.6) is 0 Å². The molecule has 0 unspecified atom stereocenters. The molecule has 2 N–H and O–H groups in total. The first-order valence-electron chi connectivity index (χ1n) is 6.68. The van der Waals surface area contributed by atoms with Crippen molar-refractivity contribution in [1.29, 1.82) is 0 Å². The SMILES string of the molecule is O=C(O)c1cc(=O)c2cc3c(cc2[nH]1)-c1ccccc1S3(=O)=O. The molecule has 0 atom stereocenters. The number of carboxylic acids is 1. The summed E-state index contributed by atoms with van der Waals surface area (Å²) in [6.45, 7) is 0. The first kappa shape index (κ1) is 13.7. The van der Waals surface area contributed by atoms with Crippen molar-refractivity contribution in [3.05, 3.63) is 58.4 Å². The zero-order chi connectivity index (χ0) is 16.4. The number of nitrogens with one attached hydrogen (secondary N) is 1. The second-order valence-electron chi connectivity index (χ2n) is 5.25. The van der Waals surface area contributed by atoms with E-state index in [0.717, 1.165) is 6.07 Å². The molecule has 0 fully saturated rings. The average Bonchev–Trinajstić information content (AvgIpc) is 2.74.